The van der Waals surface area contributed by atoms with Crippen molar-refractivity contribution in [3.05, 3.63) is 42.2 Å². The number of hydrogen-bond acceptors (Lipinski definition) is 3. The summed E-state index contributed by atoms with van der Waals surface area (Å²) in [5, 5.41) is 17.6. The number of rotatable bonds is 2. The van der Waals surface area contributed by atoms with Crippen LogP contribution in [-0.4, -0.2) is 10.1 Å². The predicted octanol–water partition coefficient (Wildman–Crippen LogP) is 1.19. The molecular formula is C9H8N2O. The molecule has 1 rings (SSSR count). The Hall–Kier alpha value is -1.66. The highest BCUT2D eigenvalue weighted by Crippen LogP contribution is 2.11. The molecule has 0 bridgehead atoms. The Labute approximate surface area is 70.6 Å². The lowest BCUT2D eigenvalue weighted by Gasteiger charge is -2.02. The number of aliphatic hydroxyl groups excluding tert-OH is 1. The third-order valence-corrected chi connectivity index (χ3v) is 1.38. The monoisotopic (exact) mass is 160 g/mol. The van der Waals surface area contributed by atoms with Crippen LogP contribution < -0.4 is 0 Å². The summed E-state index contributed by atoms with van der Waals surface area (Å²) in [6, 6.07) is 5.29. The number of allylic oxidation sites excluding steroid dienone is 1. The number of aliphatic hydroxyl groups is 1. The Bertz CT molecular complexity index is 300. The molecule has 0 radical (unpaired) electrons. The van der Waals surface area contributed by atoms with Crippen LogP contribution in [-0.2, 0) is 0 Å². The number of hydrogen-bond donors (Lipinski definition) is 1. The first kappa shape index (κ1) is 8.44. The maximum atomic E-state index is 9.37. The van der Waals surface area contributed by atoms with E-state index in [-0.39, 0.29) is 0 Å². The normalized spacial score (nSPS) is 12.7. The number of aromatic nitrogens is 1. The molecule has 12 heavy (non-hydrogen) atoms. The SMILES string of the molecule is N#CC=CC(O)c1cccnc1. The highest BCUT2D eigenvalue weighted by atomic mass is 16.3. The van der Waals surface area contributed by atoms with E-state index in [2.05, 4.69) is 4.98 Å². The second-order valence-electron chi connectivity index (χ2n) is 2.22. The highest BCUT2D eigenvalue weighted by molar-refractivity contribution is 5.18. The van der Waals surface area contributed by atoms with E-state index in [1.165, 1.54) is 12.2 Å². The largest absolute Gasteiger partial charge is 0.384 e. The van der Waals surface area contributed by atoms with Crippen LogP contribution >= 0.6 is 0 Å². The number of nitrogens with zero attached hydrogens (tertiary/aromatic N) is 2. The van der Waals surface area contributed by atoms with Crippen LogP contribution in [0.3, 0.4) is 0 Å². The van der Waals surface area contributed by atoms with Crippen molar-refractivity contribution >= 4 is 0 Å². The van der Waals surface area contributed by atoms with Gasteiger partial charge in [0.2, 0.25) is 0 Å². The third kappa shape index (κ3) is 2.19. The van der Waals surface area contributed by atoms with Crippen LogP contribution in [0, 0.1) is 11.3 Å². The molecule has 3 heteroatoms. The fraction of sp³-hybridized carbons (Fsp3) is 0.111. The summed E-state index contributed by atoms with van der Waals surface area (Å²) in [5.41, 5.74) is 0.684. The molecule has 1 unspecified atom stereocenters. The van der Waals surface area contributed by atoms with E-state index in [0.29, 0.717) is 5.56 Å². The zero-order valence-electron chi connectivity index (χ0n) is 6.38. The zero-order chi connectivity index (χ0) is 8.81. The first-order valence-electron chi connectivity index (χ1n) is 3.49. The van der Waals surface area contributed by atoms with Crippen LogP contribution in [0.25, 0.3) is 0 Å². The Morgan fingerprint density at radius 1 is 1.67 bits per heavy atom. The molecule has 0 fully saturated rings. The van der Waals surface area contributed by atoms with Gasteiger partial charge in [-0.2, -0.15) is 5.26 Å². The number of pyridine rings is 1. The van der Waals surface area contributed by atoms with Gasteiger partial charge in [0.05, 0.1) is 12.2 Å². The van der Waals surface area contributed by atoms with Crippen molar-refractivity contribution in [3.8, 4) is 6.07 Å². The molecule has 0 saturated heterocycles. The van der Waals surface area contributed by atoms with Crippen molar-refractivity contribution in [2.75, 3.05) is 0 Å². The molecule has 0 aliphatic rings. The lowest BCUT2D eigenvalue weighted by Crippen LogP contribution is -1.92. The van der Waals surface area contributed by atoms with Gasteiger partial charge in [-0.1, -0.05) is 6.07 Å². The predicted molar refractivity (Wildman–Crippen MR) is 43.9 cm³/mol. The van der Waals surface area contributed by atoms with Gasteiger partial charge in [0, 0.05) is 24.0 Å². The summed E-state index contributed by atoms with van der Waals surface area (Å²) >= 11 is 0. The van der Waals surface area contributed by atoms with E-state index in [9.17, 15) is 5.11 Å². The first-order valence-corrected chi connectivity index (χ1v) is 3.49. The van der Waals surface area contributed by atoms with E-state index < -0.39 is 6.10 Å². The molecule has 1 atom stereocenters. The molecule has 0 aliphatic carbocycles. The molecule has 0 aliphatic heterocycles. The standard InChI is InChI=1S/C9H8N2O/c10-5-1-4-9(12)8-3-2-6-11-7-8/h1-4,6-7,9,12H. The Balaban J connectivity index is 2.73. The smallest absolute Gasteiger partial charge is 0.0996 e. The molecule has 0 amide bonds. The van der Waals surface area contributed by atoms with Crippen molar-refractivity contribution in [2.45, 2.75) is 6.10 Å². The van der Waals surface area contributed by atoms with E-state index in [1.54, 1.807) is 24.5 Å². The van der Waals surface area contributed by atoms with Crippen molar-refractivity contribution in [3.63, 3.8) is 0 Å². The quantitative estimate of drug-likeness (QED) is 0.661. The Morgan fingerprint density at radius 2 is 2.50 bits per heavy atom. The van der Waals surface area contributed by atoms with E-state index >= 15 is 0 Å². The van der Waals surface area contributed by atoms with Gasteiger partial charge >= 0.3 is 0 Å². The molecule has 0 saturated carbocycles. The van der Waals surface area contributed by atoms with Gasteiger partial charge in [0.25, 0.3) is 0 Å². The first-order chi connectivity index (χ1) is 5.84. The minimum Gasteiger partial charge on any atom is -0.384 e. The minimum atomic E-state index is -0.738. The van der Waals surface area contributed by atoms with Gasteiger partial charge in [0.1, 0.15) is 0 Å². The van der Waals surface area contributed by atoms with Crippen molar-refractivity contribution in [2.24, 2.45) is 0 Å². The highest BCUT2D eigenvalue weighted by Gasteiger charge is 2.00. The molecule has 0 aromatic carbocycles. The van der Waals surface area contributed by atoms with Gasteiger partial charge in [-0.3, -0.25) is 4.98 Å². The topological polar surface area (TPSA) is 56.9 Å². The molecule has 1 aromatic heterocycles. The fourth-order valence-electron chi connectivity index (χ4n) is 0.796. The average Bonchev–Trinajstić information content (AvgIpc) is 2.15. The summed E-state index contributed by atoms with van der Waals surface area (Å²) in [6.07, 6.45) is 5.11. The fourth-order valence-corrected chi connectivity index (χ4v) is 0.796. The summed E-state index contributed by atoms with van der Waals surface area (Å²) in [6.45, 7) is 0. The second kappa shape index (κ2) is 4.27. The molecule has 0 spiro atoms. The Kier molecular flexibility index (Phi) is 3.00. The molecule has 1 N–H and O–H groups in total. The molecule has 3 nitrogen and oxygen atoms in total. The summed E-state index contributed by atoms with van der Waals surface area (Å²) in [7, 11) is 0. The number of nitriles is 1. The summed E-state index contributed by atoms with van der Waals surface area (Å²) in [4.78, 5) is 3.84. The average molecular weight is 160 g/mol. The van der Waals surface area contributed by atoms with Gasteiger partial charge in [-0.15, -0.1) is 0 Å². The molecular weight excluding hydrogens is 152 g/mol. The zero-order valence-corrected chi connectivity index (χ0v) is 6.38. The van der Waals surface area contributed by atoms with Gasteiger partial charge in [0.15, 0.2) is 0 Å². The molecule has 60 valence electrons. The van der Waals surface area contributed by atoms with E-state index in [1.807, 2.05) is 6.07 Å². The van der Waals surface area contributed by atoms with Crippen LogP contribution in [0.4, 0.5) is 0 Å². The molecule has 1 heterocycles. The van der Waals surface area contributed by atoms with E-state index in [0.717, 1.165) is 0 Å². The third-order valence-electron chi connectivity index (χ3n) is 1.38. The van der Waals surface area contributed by atoms with Crippen LogP contribution in [0.2, 0.25) is 0 Å². The van der Waals surface area contributed by atoms with Gasteiger partial charge < -0.3 is 5.11 Å². The van der Waals surface area contributed by atoms with E-state index in [4.69, 9.17) is 5.26 Å². The van der Waals surface area contributed by atoms with Crippen molar-refractivity contribution < 1.29 is 5.11 Å². The Morgan fingerprint density at radius 3 is 3.08 bits per heavy atom. The minimum absolute atomic E-state index is 0.684. The van der Waals surface area contributed by atoms with Gasteiger partial charge in [-0.25, -0.2) is 0 Å². The summed E-state index contributed by atoms with van der Waals surface area (Å²) < 4.78 is 0. The van der Waals surface area contributed by atoms with Gasteiger partial charge in [-0.05, 0) is 12.1 Å². The van der Waals surface area contributed by atoms with Crippen molar-refractivity contribution in [1.82, 2.24) is 4.98 Å². The maximum Gasteiger partial charge on any atom is 0.0996 e. The molecule has 1 aromatic rings. The lowest BCUT2D eigenvalue weighted by atomic mass is 10.1. The van der Waals surface area contributed by atoms with Crippen LogP contribution in [0.5, 0.6) is 0 Å². The maximum absolute atomic E-state index is 9.37. The lowest BCUT2D eigenvalue weighted by molar-refractivity contribution is 0.228. The van der Waals surface area contributed by atoms with Crippen LogP contribution in [0.15, 0.2) is 36.7 Å². The van der Waals surface area contributed by atoms with Crippen LogP contribution in [0.1, 0.15) is 11.7 Å². The second-order valence-corrected chi connectivity index (χ2v) is 2.22. The summed E-state index contributed by atoms with van der Waals surface area (Å²) in [5.74, 6) is 0. The van der Waals surface area contributed by atoms with Crippen molar-refractivity contribution in [1.29, 1.82) is 5.26 Å².